The molecule has 4 rings (SSSR count). The van der Waals surface area contributed by atoms with E-state index in [0.717, 1.165) is 23.3 Å². The molecule has 0 N–H and O–H groups in total. The standard InChI is InChI=1S/C25H19ClF3NO4/c1-33-23(31)12-15-5-10-22(21(26)11-15)34-14-16-3-2-4-19-20(16)13-30(24(19)32)18-8-6-17(7-9-18)25(27,28)29/h2-11H,12-14H2,1H3. The highest BCUT2D eigenvalue weighted by Crippen LogP contribution is 2.35. The Morgan fingerprint density at radius 2 is 1.82 bits per heavy atom. The second-order valence-corrected chi connectivity index (χ2v) is 8.09. The Hall–Kier alpha value is -3.52. The highest BCUT2D eigenvalue weighted by Gasteiger charge is 2.33. The highest BCUT2D eigenvalue weighted by atomic mass is 35.5. The summed E-state index contributed by atoms with van der Waals surface area (Å²) in [5.74, 6) is -0.259. The summed E-state index contributed by atoms with van der Waals surface area (Å²) < 4.78 is 49.1. The molecule has 0 saturated carbocycles. The van der Waals surface area contributed by atoms with Crippen molar-refractivity contribution in [1.29, 1.82) is 0 Å². The maximum atomic E-state index is 12.9. The molecule has 0 atom stereocenters. The normalized spacial score (nSPS) is 13.1. The van der Waals surface area contributed by atoms with Crippen LogP contribution < -0.4 is 9.64 Å². The van der Waals surface area contributed by atoms with Crippen LogP contribution in [0, 0.1) is 0 Å². The van der Waals surface area contributed by atoms with Gasteiger partial charge in [0.25, 0.3) is 5.91 Å². The first-order valence-corrected chi connectivity index (χ1v) is 10.6. The van der Waals surface area contributed by atoms with E-state index in [4.69, 9.17) is 16.3 Å². The van der Waals surface area contributed by atoms with Gasteiger partial charge in [0, 0.05) is 11.3 Å². The summed E-state index contributed by atoms with van der Waals surface area (Å²) in [6.07, 6.45) is -4.36. The molecule has 3 aromatic carbocycles. The van der Waals surface area contributed by atoms with Crippen LogP contribution in [0.1, 0.15) is 32.6 Å². The number of hydrogen-bond donors (Lipinski definition) is 0. The van der Waals surface area contributed by atoms with Crippen LogP contribution in [-0.2, 0) is 35.3 Å². The lowest BCUT2D eigenvalue weighted by molar-refractivity contribution is -0.140. The van der Waals surface area contributed by atoms with Crippen molar-refractivity contribution in [2.45, 2.75) is 25.7 Å². The summed E-state index contributed by atoms with van der Waals surface area (Å²) in [4.78, 5) is 25.8. The van der Waals surface area contributed by atoms with Gasteiger partial charge in [0.15, 0.2) is 0 Å². The van der Waals surface area contributed by atoms with Gasteiger partial charge < -0.3 is 14.4 Å². The molecular weight excluding hydrogens is 471 g/mol. The van der Waals surface area contributed by atoms with Gasteiger partial charge >= 0.3 is 12.1 Å². The number of esters is 1. The first kappa shape index (κ1) is 23.6. The van der Waals surface area contributed by atoms with Gasteiger partial charge in [-0.1, -0.05) is 29.8 Å². The maximum Gasteiger partial charge on any atom is 0.416 e. The first-order valence-electron chi connectivity index (χ1n) is 10.3. The van der Waals surface area contributed by atoms with E-state index in [1.807, 2.05) is 6.07 Å². The largest absolute Gasteiger partial charge is 0.487 e. The molecule has 1 amide bonds. The fraction of sp³-hybridized carbons (Fsp3) is 0.200. The molecular formula is C25H19ClF3NO4. The number of benzene rings is 3. The van der Waals surface area contributed by atoms with Crippen molar-refractivity contribution in [3.8, 4) is 5.75 Å². The SMILES string of the molecule is COC(=O)Cc1ccc(OCc2cccc3c2CN(c2ccc(C(F)(F)F)cc2)C3=O)c(Cl)c1. The third-order valence-electron chi connectivity index (χ3n) is 5.53. The predicted molar refractivity (Wildman–Crippen MR) is 120 cm³/mol. The Balaban J connectivity index is 1.50. The Bertz CT molecular complexity index is 1240. The monoisotopic (exact) mass is 489 g/mol. The van der Waals surface area contributed by atoms with E-state index in [2.05, 4.69) is 4.74 Å². The molecule has 5 nitrogen and oxygen atoms in total. The molecule has 0 radical (unpaired) electrons. The van der Waals surface area contributed by atoms with Gasteiger partial charge in [-0.05, 0) is 59.2 Å². The topological polar surface area (TPSA) is 55.8 Å². The van der Waals surface area contributed by atoms with Crippen LogP contribution in [0.25, 0.3) is 0 Å². The van der Waals surface area contributed by atoms with Crippen LogP contribution in [-0.4, -0.2) is 19.0 Å². The van der Waals surface area contributed by atoms with E-state index in [-0.39, 0.29) is 31.4 Å². The third kappa shape index (κ3) is 4.87. The molecule has 0 spiro atoms. The van der Waals surface area contributed by atoms with E-state index in [9.17, 15) is 22.8 Å². The van der Waals surface area contributed by atoms with E-state index in [1.54, 1.807) is 30.3 Å². The van der Waals surface area contributed by atoms with E-state index in [1.165, 1.54) is 24.1 Å². The van der Waals surface area contributed by atoms with E-state index < -0.39 is 11.7 Å². The van der Waals surface area contributed by atoms with Crippen molar-refractivity contribution in [2.24, 2.45) is 0 Å². The third-order valence-corrected chi connectivity index (χ3v) is 5.82. The summed E-state index contributed by atoms with van der Waals surface area (Å²) in [5.41, 5.74) is 2.26. The van der Waals surface area contributed by atoms with Crippen molar-refractivity contribution >= 4 is 29.2 Å². The van der Waals surface area contributed by atoms with Crippen LogP contribution in [0.3, 0.4) is 0 Å². The molecule has 3 aromatic rings. The smallest absolute Gasteiger partial charge is 0.416 e. The van der Waals surface area contributed by atoms with Crippen molar-refractivity contribution < 1.29 is 32.2 Å². The number of hydrogen-bond acceptors (Lipinski definition) is 4. The zero-order chi connectivity index (χ0) is 24.5. The molecule has 0 aromatic heterocycles. The van der Waals surface area contributed by atoms with Gasteiger partial charge in [-0.3, -0.25) is 9.59 Å². The summed E-state index contributed by atoms with van der Waals surface area (Å²) in [5, 5.41) is 0.330. The molecule has 0 unspecified atom stereocenters. The number of nitrogens with zero attached hydrogens (tertiary/aromatic N) is 1. The number of methoxy groups -OCH3 is 1. The molecule has 1 heterocycles. The second kappa shape index (κ2) is 9.38. The number of rotatable bonds is 6. The molecule has 1 aliphatic rings. The summed E-state index contributed by atoms with van der Waals surface area (Å²) in [7, 11) is 1.31. The van der Waals surface area contributed by atoms with Crippen molar-refractivity contribution in [2.75, 3.05) is 12.0 Å². The Labute approximate surface area is 198 Å². The zero-order valence-corrected chi connectivity index (χ0v) is 18.7. The lowest BCUT2D eigenvalue weighted by Gasteiger charge is -2.17. The molecule has 34 heavy (non-hydrogen) atoms. The Kier molecular flexibility index (Phi) is 6.52. The first-order chi connectivity index (χ1) is 16.2. The van der Waals surface area contributed by atoms with Gasteiger partial charge in [0.05, 0.1) is 30.7 Å². The minimum absolute atomic E-state index is 0.0879. The van der Waals surface area contributed by atoms with Gasteiger partial charge in [0.2, 0.25) is 0 Å². The lowest BCUT2D eigenvalue weighted by Crippen LogP contribution is -2.23. The second-order valence-electron chi connectivity index (χ2n) is 7.69. The molecule has 0 aliphatic carbocycles. The quantitative estimate of drug-likeness (QED) is 0.410. The number of fused-ring (bicyclic) bond motifs is 1. The van der Waals surface area contributed by atoms with E-state index in [0.29, 0.717) is 27.6 Å². The number of alkyl halides is 3. The average molecular weight is 490 g/mol. The molecule has 9 heteroatoms. The number of carbonyl (C=O) groups is 2. The van der Waals surface area contributed by atoms with Crippen LogP contribution in [0.5, 0.6) is 5.75 Å². The fourth-order valence-electron chi connectivity index (χ4n) is 3.74. The summed E-state index contributed by atoms with van der Waals surface area (Å²) >= 11 is 6.29. The number of ether oxygens (including phenoxy) is 2. The minimum atomic E-state index is -4.44. The maximum absolute atomic E-state index is 12.9. The van der Waals surface area contributed by atoms with Crippen molar-refractivity contribution in [1.82, 2.24) is 0 Å². The molecule has 176 valence electrons. The van der Waals surface area contributed by atoms with E-state index >= 15 is 0 Å². The van der Waals surface area contributed by atoms with Crippen molar-refractivity contribution in [3.05, 3.63) is 93.5 Å². The Morgan fingerprint density at radius 1 is 1.09 bits per heavy atom. The number of halogens is 4. The zero-order valence-electron chi connectivity index (χ0n) is 18.0. The van der Waals surface area contributed by atoms with Gasteiger partial charge in [-0.25, -0.2) is 0 Å². The number of amides is 1. The molecule has 0 saturated heterocycles. The van der Waals surface area contributed by atoms with Crippen LogP contribution in [0.4, 0.5) is 18.9 Å². The summed E-state index contributed by atoms with van der Waals surface area (Å²) in [6.45, 7) is 0.345. The lowest BCUT2D eigenvalue weighted by atomic mass is 10.0. The van der Waals surface area contributed by atoms with Crippen LogP contribution >= 0.6 is 11.6 Å². The van der Waals surface area contributed by atoms with Gasteiger partial charge in [-0.2, -0.15) is 13.2 Å². The average Bonchev–Trinajstić information content (AvgIpc) is 3.15. The molecule has 1 aliphatic heterocycles. The highest BCUT2D eigenvalue weighted by molar-refractivity contribution is 6.32. The number of carbonyl (C=O) groups excluding carboxylic acids is 2. The molecule has 0 fully saturated rings. The summed E-state index contributed by atoms with van der Waals surface area (Å²) in [6, 6.07) is 14.7. The van der Waals surface area contributed by atoms with Crippen molar-refractivity contribution in [3.63, 3.8) is 0 Å². The minimum Gasteiger partial charge on any atom is -0.487 e. The Morgan fingerprint density at radius 3 is 2.47 bits per heavy atom. The van der Waals surface area contributed by atoms with Gasteiger partial charge in [-0.15, -0.1) is 0 Å². The molecule has 0 bridgehead atoms. The van der Waals surface area contributed by atoms with Crippen LogP contribution in [0.15, 0.2) is 60.7 Å². The predicted octanol–water partition coefficient (Wildman–Crippen LogP) is 5.81. The van der Waals surface area contributed by atoms with Crippen LogP contribution in [0.2, 0.25) is 5.02 Å². The van der Waals surface area contributed by atoms with Gasteiger partial charge in [0.1, 0.15) is 12.4 Å². The fourth-order valence-corrected chi connectivity index (χ4v) is 3.99. The number of anilines is 1.